The first-order chi connectivity index (χ1) is 9.77. The summed E-state index contributed by atoms with van der Waals surface area (Å²) in [6, 6.07) is 4.21. The molecule has 1 atom stereocenters. The van der Waals surface area contributed by atoms with Crippen LogP contribution in [-0.2, 0) is 19.6 Å². The van der Waals surface area contributed by atoms with E-state index in [4.69, 9.17) is 4.74 Å². The van der Waals surface area contributed by atoms with Crippen LogP contribution in [0.15, 0.2) is 29.2 Å². The normalized spacial score (nSPS) is 13.2. The number of rotatable bonds is 7. The number of hydrogen-bond acceptors (Lipinski definition) is 4. The Bertz CT molecular complexity index is 574. The standard InChI is InChI=1S/C13H19FN2O4S/c1-10(9-20-3)15-13(17)8-16(2)21(18,19)12-6-4-11(14)5-7-12/h4-7,10H,8-9H2,1-3H3,(H,15,17)/t10-/m1/s1. The fraction of sp³-hybridized carbons (Fsp3) is 0.462. The Morgan fingerprint density at radius 1 is 1.38 bits per heavy atom. The molecule has 0 heterocycles. The smallest absolute Gasteiger partial charge is 0.243 e. The van der Waals surface area contributed by atoms with E-state index in [-0.39, 0.29) is 17.5 Å². The summed E-state index contributed by atoms with van der Waals surface area (Å²) in [5.74, 6) is -0.963. The van der Waals surface area contributed by atoms with Crippen LogP contribution in [0, 0.1) is 5.82 Å². The minimum absolute atomic E-state index is 0.0656. The Morgan fingerprint density at radius 2 is 1.95 bits per heavy atom. The molecule has 0 unspecified atom stereocenters. The molecule has 0 aromatic heterocycles. The van der Waals surface area contributed by atoms with Crippen LogP contribution in [0.2, 0.25) is 0 Å². The first-order valence-corrected chi connectivity index (χ1v) is 7.71. The van der Waals surface area contributed by atoms with Crippen molar-refractivity contribution in [1.29, 1.82) is 0 Å². The molecule has 1 aromatic carbocycles. The predicted molar refractivity (Wildman–Crippen MR) is 75.7 cm³/mol. The third-order valence-corrected chi connectivity index (χ3v) is 4.53. The molecule has 8 heteroatoms. The van der Waals surface area contributed by atoms with Crippen molar-refractivity contribution in [3.63, 3.8) is 0 Å². The Hall–Kier alpha value is -1.51. The second kappa shape index (κ2) is 7.48. The van der Waals surface area contributed by atoms with Gasteiger partial charge in [0.2, 0.25) is 15.9 Å². The average molecular weight is 318 g/mol. The number of methoxy groups -OCH3 is 1. The van der Waals surface area contributed by atoms with Gasteiger partial charge in [0.15, 0.2) is 0 Å². The fourth-order valence-corrected chi connectivity index (χ4v) is 2.81. The quantitative estimate of drug-likeness (QED) is 0.799. The summed E-state index contributed by atoms with van der Waals surface area (Å²) >= 11 is 0. The largest absolute Gasteiger partial charge is 0.383 e. The van der Waals surface area contributed by atoms with Gasteiger partial charge in [-0.1, -0.05) is 0 Å². The van der Waals surface area contributed by atoms with Crippen LogP contribution in [-0.4, -0.2) is 52.0 Å². The molecule has 118 valence electrons. The van der Waals surface area contributed by atoms with Gasteiger partial charge >= 0.3 is 0 Å². The van der Waals surface area contributed by atoms with Crippen LogP contribution in [0.25, 0.3) is 0 Å². The number of carbonyl (C=O) groups is 1. The molecule has 0 aliphatic heterocycles. The van der Waals surface area contributed by atoms with Gasteiger partial charge in [-0.25, -0.2) is 12.8 Å². The van der Waals surface area contributed by atoms with Gasteiger partial charge in [0, 0.05) is 20.2 Å². The SMILES string of the molecule is COC[C@@H](C)NC(=O)CN(C)S(=O)(=O)c1ccc(F)cc1. The molecule has 1 amide bonds. The third kappa shape index (κ3) is 5.07. The van der Waals surface area contributed by atoms with Crippen molar-refractivity contribution < 1.29 is 22.3 Å². The zero-order valence-corrected chi connectivity index (χ0v) is 13.0. The van der Waals surface area contributed by atoms with Crippen LogP contribution >= 0.6 is 0 Å². The van der Waals surface area contributed by atoms with Crippen molar-refractivity contribution in [2.45, 2.75) is 17.9 Å². The topological polar surface area (TPSA) is 75.7 Å². The number of halogens is 1. The molecule has 0 spiro atoms. The lowest BCUT2D eigenvalue weighted by molar-refractivity contribution is -0.122. The molecule has 21 heavy (non-hydrogen) atoms. The zero-order valence-electron chi connectivity index (χ0n) is 12.2. The monoisotopic (exact) mass is 318 g/mol. The van der Waals surface area contributed by atoms with Crippen LogP contribution in [0.5, 0.6) is 0 Å². The minimum Gasteiger partial charge on any atom is -0.383 e. The number of nitrogens with zero attached hydrogens (tertiary/aromatic N) is 1. The first kappa shape index (κ1) is 17.5. The van der Waals surface area contributed by atoms with E-state index in [0.717, 1.165) is 28.6 Å². The van der Waals surface area contributed by atoms with Crippen molar-refractivity contribution in [2.24, 2.45) is 0 Å². The Kier molecular flexibility index (Phi) is 6.25. The maximum Gasteiger partial charge on any atom is 0.243 e. The number of likely N-dealkylation sites (N-methyl/N-ethyl adjacent to an activating group) is 1. The highest BCUT2D eigenvalue weighted by Crippen LogP contribution is 2.14. The molecule has 1 aromatic rings. The van der Waals surface area contributed by atoms with Crippen molar-refractivity contribution in [1.82, 2.24) is 9.62 Å². The van der Waals surface area contributed by atoms with Gasteiger partial charge < -0.3 is 10.1 Å². The summed E-state index contributed by atoms with van der Waals surface area (Å²) in [5, 5.41) is 2.61. The molecule has 0 saturated heterocycles. The minimum atomic E-state index is -3.82. The van der Waals surface area contributed by atoms with Gasteiger partial charge in [-0.05, 0) is 31.2 Å². The lowest BCUT2D eigenvalue weighted by Gasteiger charge is -2.18. The average Bonchev–Trinajstić information content (AvgIpc) is 2.39. The highest BCUT2D eigenvalue weighted by Gasteiger charge is 2.23. The maximum atomic E-state index is 12.8. The number of nitrogens with one attached hydrogen (secondary N) is 1. The van der Waals surface area contributed by atoms with Crippen LogP contribution < -0.4 is 5.32 Å². The summed E-state index contributed by atoms with van der Waals surface area (Å²) in [5.41, 5.74) is 0. The van der Waals surface area contributed by atoms with E-state index >= 15 is 0 Å². The van der Waals surface area contributed by atoms with E-state index in [9.17, 15) is 17.6 Å². The highest BCUT2D eigenvalue weighted by atomic mass is 32.2. The van der Waals surface area contributed by atoms with E-state index in [2.05, 4.69) is 5.32 Å². The van der Waals surface area contributed by atoms with E-state index in [1.807, 2.05) is 0 Å². The van der Waals surface area contributed by atoms with E-state index < -0.39 is 21.7 Å². The Balaban J connectivity index is 2.71. The molecule has 0 bridgehead atoms. The lowest BCUT2D eigenvalue weighted by Crippen LogP contribution is -2.43. The summed E-state index contributed by atoms with van der Waals surface area (Å²) < 4.78 is 43.0. The third-order valence-electron chi connectivity index (χ3n) is 2.71. The van der Waals surface area contributed by atoms with Crippen molar-refractivity contribution in [2.75, 3.05) is 27.3 Å². The van der Waals surface area contributed by atoms with Gasteiger partial charge in [0.1, 0.15) is 5.82 Å². The molecule has 1 N–H and O–H groups in total. The molecular weight excluding hydrogens is 299 g/mol. The number of sulfonamides is 1. The predicted octanol–water partition coefficient (Wildman–Crippen LogP) is 0.597. The van der Waals surface area contributed by atoms with Gasteiger partial charge in [0.25, 0.3) is 0 Å². The lowest BCUT2D eigenvalue weighted by atomic mass is 10.3. The van der Waals surface area contributed by atoms with Gasteiger partial charge in [-0.15, -0.1) is 0 Å². The molecule has 1 rings (SSSR count). The van der Waals surface area contributed by atoms with Gasteiger partial charge in [0.05, 0.1) is 18.0 Å². The number of benzene rings is 1. The molecular formula is C13H19FN2O4S. The number of ether oxygens (including phenoxy) is 1. The second-order valence-electron chi connectivity index (χ2n) is 4.64. The number of carbonyl (C=O) groups excluding carboxylic acids is 1. The molecule has 6 nitrogen and oxygen atoms in total. The van der Waals surface area contributed by atoms with Crippen LogP contribution in [0.4, 0.5) is 4.39 Å². The summed E-state index contributed by atoms with van der Waals surface area (Å²) in [4.78, 5) is 11.7. The highest BCUT2D eigenvalue weighted by molar-refractivity contribution is 7.89. The Labute approximate surface area is 123 Å². The van der Waals surface area contributed by atoms with E-state index in [1.165, 1.54) is 14.2 Å². The zero-order chi connectivity index (χ0) is 16.0. The molecule has 0 fully saturated rings. The summed E-state index contributed by atoms with van der Waals surface area (Å²) in [7, 11) is -1.03. The van der Waals surface area contributed by atoms with Crippen molar-refractivity contribution >= 4 is 15.9 Å². The number of hydrogen-bond donors (Lipinski definition) is 1. The second-order valence-corrected chi connectivity index (χ2v) is 6.68. The van der Waals surface area contributed by atoms with E-state index in [0.29, 0.717) is 6.61 Å². The van der Waals surface area contributed by atoms with Crippen LogP contribution in [0.1, 0.15) is 6.92 Å². The van der Waals surface area contributed by atoms with Gasteiger partial charge in [-0.2, -0.15) is 4.31 Å². The number of amides is 1. The fourth-order valence-electron chi connectivity index (χ4n) is 1.69. The Morgan fingerprint density at radius 3 is 2.48 bits per heavy atom. The van der Waals surface area contributed by atoms with Crippen molar-refractivity contribution in [3.8, 4) is 0 Å². The summed E-state index contributed by atoms with van der Waals surface area (Å²) in [6.07, 6.45) is 0. The van der Waals surface area contributed by atoms with Crippen LogP contribution in [0.3, 0.4) is 0 Å². The molecule has 0 saturated carbocycles. The van der Waals surface area contributed by atoms with Crippen molar-refractivity contribution in [3.05, 3.63) is 30.1 Å². The summed E-state index contributed by atoms with van der Waals surface area (Å²) in [6.45, 7) is 1.75. The first-order valence-electron chi connectivity index (χ1n) is 6.27. The van der Waals surface area contributed by atoms with E-state index in [1.54, 1.807) is 6.92 Å². The van der Waals surface area contributed by atoms with Gasteiger partial charge in [-0.3, -0.25) is 4.79 Å². The molecule has 0 aliphatic rings. The molecule has 0 aliphatic carbocycles. The molecule has 0 radical (unpaired) electrons. The maximum absolute atomic E-state index is 12.8.